The number of hydrogen-bond donors (Lipinski definition) is 1. The first-order chi connectivity index (χ1) is 10.2. The highest BCUT2D eigenvalue weighted by Gasteiger charge is 2.14. The van der Waals surface area contributed by atoms with Crippen molar-refractivity contribution in [3.8, 4) is 5.75 Å². The lowest BCUT2D eigenvalue weighted by molar-refractivity contribution is -0.127. The van der Waals surface area contributed by atoms with E-state index in [4.69, 9.17) is 4.74 Å². The summed E-state index contributed by atoms with van der Waals surface area (Å²) in [6, 6.07) is 17.7. The van der Waals surface area contributed by atoms with Crippen LogP contribution in [0.1, 0.15) is 25.0 Å². The number of carbonyl (C=O) groups excluding carboxylic acids is 1. The zero-order valence-electron chi connectivity index (χ0n) is 12.5. The second-order valence-corrected chi connectivity index (χ2v) is 4.96. The fourth-order valence-corrected chi connectivity index (χ4v) is 1.99. The van der Waals surface area contributed by atoms with Crippen LogP contribution in [0.3, 0.4) is 0 Å². The number of hydrogen-bond acceptors (Lipinski definition) is 2. The first kappa shape index (κ1) is 15.1. The summed E-state index contributed by atoms with van der Waals surface area (Å²) in [5.74, 6) is 0.605. The highest BCUT2D eigenvalue weighted by atomic mass is 16.5. The third-order valence-electron chi connectivity index (χ3n) is 3.32. The molecule has 110 valence electrons. The molecule has 1 unspecified atom stereocenters. The van der Waals surface area contributed by atoms with Gasteiger partial charge < -0.3 is 10.1 Å². The standard InChI is InChI=1S/C18H21NO2/c1-3-15-9-11-17(12-10-15)21-14(2)18(20)19-13-16-7-5-4-6-8-16/h4-12,14H,3,13H2,1-2H3,(H,19,20). The summed E-state index contributed by atoms with van der Waals surface area (Å²) in [7, 11) is 0. The SMILES string of the molecule is CCc1ccc(OC(C)C(=O)NCc2ccccc2)cc1. The van der Waals surface area contributed by atoms with Gasteiger partial charge in [-0.2, -0.15) is 0 Å². The lowest BCUT2D eigenvalue weighted by Gasteiger charge is -2.15. The fourth-order valence-electron chi connectivity index (χ4n) is 1.99. The Morgan fingerprint density at radius 1 is 1.05 bits per heavy atom. The summed E-state index contributed by atoms with van der Waals surface area (Å²) in [6.07, 6.45) is 0.481. The van der Waals surface area contributed by atoms with Crippen LogP contribution in [0, 0.1) is 0 Å². The third-order valence-corrected chi connectivity index (χ3v) is 3.32. The van der Waals surface area contributed by atoms with Crippen molar-refractivity contribution in [2.75, 3.05) is 0 Å². The molecule has 0 bridgehead atoms. The van der Waals surface area contributed by atoms with Gasteiger partial charge in [0.2, 0.25) is 0 Å². The van der Waals surface area contributed by atoms with Gasteiger partial charge in [-0.3, -0.25) is 4.79 Å². The summed E-state index contributed by atoms with van der Waals surface area (Å²) in [5.41, 5.74) is 2.33. The van der Waals surface area contributed by atoms with Crippen LogP contribution in [0.2, 0.25) is 0 Å². The molecule has 2 aromatic rings. The molecule has 0 fully saturated rings. The highest BCUT2D eigenvalue weighted by molar-refractivity contribution is 5.80. The van der Waals surface area contributed by atoms with Gasteiger partial charge in [0.05, 0.1) is 0 Å². The van der Waals surface area contributed by atoms with E-state index in [0.717, 1.165) is 17.7 Å². The Kier molecular flexibility index (Phi) is 5.38. The number of rotatable bonds is 6. The average Bonchev–Trinajstić information content (AvgIpc) is 2.54. The Bertz CT molecular complexity index is 564. The molecule has 0 spiro atoms. The van der Waals surface area contributed by atoms with Crippen LogP contribution in [-0.4, -0.2) is 12.0 Å². The van der Waals surface area contributed by atoms with E-state index in [0.29, 0.717) is 6.54 Å². The summed E-state index contributed by atoms with van der Waals surface area (Å²) in [4.78, 5) is 12.0. The van der Waals surface area contributed by atoms with Gasteiger partial charge in [0.1, 0.15) is 5.75 Å². The van der Waals surface area contributed by atoms with Crippen LogP contribution in [0.5, 0.6) is 5.75 Å². The van der Waals surface area contributed by atoms with Crippen molar-refractivity contribution < 1.29 is 9.53 Å². The maximum Gasteiger partial charge on any atom is 0.261 e. The molecule has 2 aromatic carbocycles. The van der Waals surface area contributed by atoms with E-state index in [9.17, 15) is 4.79 Å². The van der Waals surface area contributed by atoms with Crippen molar-refractivity contribution >= 4 is 5.91 Å². The van der Waals surface area contributed by atoms with E-state index >= 15 is 0 Å². The molecular formula is C18H21NO2. The van der Waals surface area contributed by atoms with Crippen molar-refractivity contribution in [1.29, 1.82) is 0 Å². The lowest BCUT2D eigenvalue weighted by atomic mass is 10.2. The Labute approximate surface area is 126 Å². The molecule has 21 heavy (non-hydrogen) atoms. The molecule has 0 aliphatic heterocycles. The van der Waals surface area contributed by atoms with Crippen LogP contribution in [0.25, 0.3) is 0 Å². The predicted octanol–water partition coefficient (Wildman–Crippen LogP) is 3.33. The van der Waals surface area contributed by atoms with Crippen molar-refractivity contribution in [2.24, 2.45) is 0 Å². The number of carbonyl (C=O) groups is 1. The van der Waals surface area contributed by atoms with E-state index in [1.54, 1.807) is 6.92 Å². The van der Waals surface area contributed by atoms with Crippen LogP contribution in [-0.2, 0) is 17.8 Å². The molecule has 1 atom stereocenters. The van der Waals surface area contributed by atoms with Crippen LogP contribution in [0.15, 0.2) is 54.6 Å². The summed E-state index contributed by atoms with van der Waals surface area (Å²) >= 11 is 0. The van der Waals surface area contributed by atoms with Gasteiger partial charge in [-0.25, -0.2) is 0 Å². The number of nitrogens with one attached hydrogen (secondary N) is 1. The smallest absolute Gasteiger partial charge is 0.261 e. The largest absolute Gasteiger partial charge is 0.481 e. The minimum Gasteiger partial charge on any atom is -0.481 e. The van der Waals surface area contributed by atoms with Crippen molar-refractivity contribution in [2.45, 2.75) is 32.9 Å². The Hall–Kier alpha value is -2.29. The minimum absolute atomic E-state index is 0.113. The zero-order chi connectivity index (χ0) is 15.1. The minimum atomic E-state index is -0.513. The summed E-state index contributed by atoms with van der Waals surface area (Å²) < 4.78 is 5.65. The Morgan fingerprint density at radius 3 is 2.33 bits per heavy atom. The van der Waals surface area contributed by atoms with Crippen molar-refractivity contribution in [3.63, 3.8) is 0 Å². The molecule has 0 aromatic heterocycles. The molecule has 0 aliphatic carbocycles. The van der Waals surface area contributed by atoms with E-state index in [1.807, 2.05) is 54.6 Å². The topological polar surface area (TPSA) is 38.3 Å². The van der Waals surface area contributed by atoms with E-state index < -0.39 is 6.10 Å². The molecule has 0 heterocycles. The van der Waals surface area contributed by atoms with Gasteiger partial charge >= 0.3 is 0 Å². The molecule has 1 amide bonds. The van der Waals surface area contributed by atoms with Gasteiger partial charge in [-0.05, 0) is 36.6 Å². The zero-order valence-corrected chi connectivity index (χ0v) is 12.5. The average molecular weight is 283 g/mol. The maximum atomic E-state index is 12.0. The molecule has 0 saturated heterocycles. The molecule has 0 aliphatic rings. The first-order valence-corrected chi connectivity index (χ1v) is 7.26. The van der Waals surface area contributed by atoms with Crippen LogP contribution < -0.4 is 10.1 Å². The first-order valence-electron chi connectivity index (χ1n) is 7.26. The van der Waals surface area contributed by atoms with Gasteiger partial charge in [0.25, 0.3) is 5.91 Å². The number of ether oxygens (including phenoxy) is 1. The summed E-state index contributed by atoms with van der Waals surface area (Å²) in [5, 5.41) is 2.88. The number of aryl methyl sites for hydroxylation is 1. The van der Waals surface area contributed by atoms with Crippen LogP contribution >= 0.6 is 0 Å². The van der Waals surface area contributed by atoms with Crippen LogP contribution in [0.4, 0.5) is 0 Å². The van der Waals surface area contributed by atoms with E-state index in [2.05, 4.69) is 12.2 Å². The fraction of sp³-hybridized carbons (Fsp3) is 0.278. The predicted molar refractivity (Wildman–Crippen MR) is 84.2 cm³/mol. The molecule has 3 nitrogen and oxygen atoms in total. The second kappa shape index (κ2) is 7.48. The van der Waals surface area contributed by atoms with Gasteiger partial charge in [-0.1, -0.05) is 49.4 Å². The molecule has 3 heteroatoms. The number of benzene rings is 2. The maximum absolute atomic E-state index is 12.0. The summed E-state index contributed by atoms with van der Waals surface area (Å²) in [6.45, 7) is 4.38. The van der Waals surface area contributed by atoms with Gasteiger partial charge in [-0.15, -0.1) is 0 Å². The molecule has 0 saturated carbocycles. The third kappa shape index (κ3) is 4.63. The molecule has 2 rings (SSSR count). The molecular weight excluding hydrogens is 262 g/mol. The monoisotopic (exact) mass is 283 g/mol. The Balaban J connectivity index is 1.84. The van der Waals surface area contributed by atoms with Crippen molar-refractivity contribution in [1.82, 2.24) is 5.32 Å². The highest BCUT2D eigenvalue weighted by Crippen LogP contribution is 2.14. The van der Waals surface area contributed by atoms with E-state index in [1.165, 1.54) is 5.56 Å². The van der Waals surface area contributed by atoms with E-state index in [-0.39, 0.29) is 5.91 Å². The molecule has 1 N–H and O–H groups in total. The van der Waals surface area contributed by atoms with Crippen molar-refractivity contribution in [3.05, 3.63) is 65.7 Å². The normalized spacial score (nSPS) is 11.7. The quantitative estimate of drug-likeness (QED) is 0.883. The Morgan fingerprint density at radius 2 is 1.71 bits per heavy atom. The van der Waals surface area contributed by atoms with Gasteiger partial charge in [0, 0.05) is 6.54 Å². The molecule has 0 radical (unpaired) electrons. The lowest BCUT2D eigenvalue weighted by Crippen LogP contribution is -2.35. The van der Waals surface area contributed by atoms with Gasteiger partial charge in [0.15, 0.2) is 6.10 Å². The second-order valence-electron chi connectivity index (χ2n) is 4.96. The number of amides is 1.